The molecule has 1 saturated carbocycles. The minimum atomic E-state index is -4.63. The van der Waals surface area contributed by atoms with Gasteiger partial charge in [0.15, 0.2) is 0 Å². The van der Waals surface area contributed by atoms with Crippen molar-refractivity contribution in [2.75, 3.05) is 10.6 Å². The molecule has 3 aromatic rings. The second-order valence-corrected chi connectivity index (χ2v) is 8.24. The van der Waals surface area contributed by atoms with Gasteiger partial charge in [0.05, 0.1) is 10.6 Å². The van der Waals surface area contributed by atoms with Crippen molar-refractivity contribution in [1.29, 1.82) is 0 Å². The van der Waals surface area contributed by atoms with Gasteiger partial charge in [-0.1, -0.05) is 23.7 Å². The highest BCUT2D eigenvalue weighted by Crippen LogP contribution is 2.36. The third-order valence-electron chi connectivity index (χ3n) is 4.99. The first-order valence-corrected chi connectivity index (χ1v) is 11.0. The molecule has 0 saturated heterocycles. The van der Waals surface area contributed by atoms with E-state index >= 15 is 0 Å². The molecule has 0 radical (unpaired) electrons. The Bertz CT molecular complexity index is 1290. The number of anilines is 2. The molecule has 0 aliphatic heterocycles. The Morgan fingerprint density at radius 2 is 1.80 bits per heavy atom. The summed E-state index contributed by atoms with van der Waals surface area (Å²) in [5, 5.41) is 4.69. The Kier molecular flexibility index (Phi) is 7.07. The van der Waals surface area contributed by atoms with E-state index in [-0.39, 0.29) is 17.5 Å². The summed E-state index contributed by atoms with van der Waals surface area (Å²) in [6.07, 6.45) is 1.35. The molecule has 180 valence electrons. The van der Waals surface area contributed by atoms with Crippen LogP contribution in [0.5, 0.6) is 11.5 Å². The zero-order valence-corrected chi connectivity index (χ0v) is 18.9. The molecule has 6 nitrogen and oxygen atoms in total. The molecule has 10 heteroatoms. The minimum Gasteiger partial charge on any atom is -0.457 e. The van der Waals surface area contributed by atoms with E-state index in [1.54, 1.807) is 36.4 Å². The number of ether oxygens (including phenoxy) is 1. The van der Waals surface area contributed by atoms with Crippen molar-refractivity contribution in [2.45, 2.75) is 19.0 Å². The molecule has 1 aliphatic carbocycles. The van der Waals surface area contributed by atoms with E-state index in [9.17, 15) is 22.8 Å². The number of pyridine rings is 1. The Hall–Kier alpha value is -3.85. The summed E-state index contributed by atoms with van der Waals surface area (Å²) in [5.41, 5.74) is -0.436. The van der Waals surface area contributed by atoms with Crippen LogP contribution in [0.4, 0.5) is 24.7 Å². The maximum absolute atomic E-state index is 13.0. The number of nitrogens with zero attached hydrogens (tertiary/aromatic N) is 1. The van der Waals surface area contributed by atoms with Crippen LogP contribution in [0.3, 0.4) is 0 Å². The minimum absolute atomic E-state index is 0.0317. The zero-order chi connectivity index (χ0) is 25.0. The lowest BCUT2D eigenvalue weighted by Gasteiger charge is -2.11. The van der Waals surface area contributed by atoms with E-state index in [2.05, 4.69) is 15.6 Å². The molecule has 2 amide bonds. The fraction of sp³-hybridized carbons (Fsp3) is 0.160. The largest absolute Gasteiger partial charge is 0.457 e. The molecule has 0 spiro atoms. The van der Waals surface area contributed by atoms with Crippen molar-refractivity contribution in [3.8, 4) is 11.5 Å². The van der Waals surface area contributed by atoms with Gasteiger partial charge in [0.1, 0.15) is 17.3 Å². The van der Waals surface area contributed by atoms with E-state index in [0.717, 1.165) is 25.0 Å². The van der Waals surface area contributed by atoms with Crippen molar-refractivity contribution in [1.82, 2.24) is 4.98 Å². The number of aromatic nitrogens is 1. The average molecular weight is 502 g/mol. The van der Waals surface area contributed by atoms with Gasteiger partial charge < -0.3 is 15.4 Å². The van der Waals surface area contributed by atoms with Crippen molar-refractivity contribution in [3.63, 3.8) is 0 Å². The summed E-state index contributed by atoms with van der Waals surface area (Å²) in [5.74, 6) is 0.709. The van der Waals surface area contributed by atoms with E-state index in [0.29, 0.717) is 22.9 Å². The van der Waals surface area contributed by atoms with Crippen LogP contribution < -0.4 is 15.4 Å². The number of halogens is 4. The van der Waals surface area contributed by atoms with Crippen LogP contribution in [0.15, 0.2) is 66.9 Å². The number of hydrogen-bond donors (Lipinski definition) is 2. The number of alkyl halides is 3. The monoisotopic (exact) mass is 501 g/mol. The molecule has 1 aromatic heterocycles. The second kappa shape index (κ2) is 10.2. The predicted octanol–water partition coefficient (Wildman–Crippen LogP) is 6.55. The van der Waals surface area contributed by atoms with Gasteiger partial charge in [-0.3, -0.25) is 9.59 Å². The number of rotatable bonds is 7. The quantitative estimate of drug-likeness (QED) is 0.360. The van der Waals surface area contributed by atoms with Crippen LogP contribution in [0.25, 0.3) is 6.08 Å². The molecule has 1 heterocycles. The summed E-state index contributed by atoms with van der Waals surface area (Å²) in [6, 6.07) is 13.2. The van der Waals surface area contributed by atoms with E-state index in [4.69, 9.17) is 16.3 Å². The molecular formula is C25H19ClF3N3O3. The summed E-state index contributed by atoms with van der Waals surface area (Å²) in [6.45, 7) is 0. The first-order chi connectivity index (χ1) is 16.7. The lowest BCUT2D eigenvalue weighted by molar-refractivity contribution is -0.137. The van der Waals surface area contributed by atoms with Crippen LogP contribution in [-0.2, 0) is 15.8 Å². The Morgan fingerprint density at radius 1 is 1.03 bits per heavy atom. The molecule has 1 aliphatic rings. The smallest absolute Gasteiger partial charge is 0.417 e. The zero-order valence-electron chi connectivity index (χ0n) is 18.1. The summed E-state index contributed by atoms with van der Waals surface area (Å²) in [4.78, 5) is 28.2. The van der Waals surface area contributed by atoms with Crippen LogP contribution >= 0.6 is 11.6 Å². The average Bonchev–Trinajstić information content (AvgIpc) is 3.64. The predicted molar refractivity (Wildman–Crippen MR) is 126 cm³/mol. The fourth-order valence-corrected chi connectivity index (χ4v) is 3.34. The van der Waals surface area contributed by atoms with E-state index in [1.807, 2.05) is 0 Å². The van der Waals surface area contributed by atoms with Crippen molar-refractivity contribution < 1.29 is 27.5 Å². The lowest BCUT2D eigenvalue weighted by Crippen LogP contribution is -2.14. The molecule has 1 fully saturated rings. The lowest BCUT2D eigenvalue weighted by atomic mass is 10.2. The van der Waals surface area contributed by atoms with E-state index < -0.39 is 22.7 Å². The molecule has 0 bridgehead atoms. The molecular weight excluding hydrogens is 483 g/mol. The van der Waals surface area contributed by atoms with Crippen molar-refractivity contribution in [2.24, 2.45) is 5.92 Å². The topological polar surface area (TPSA) is 80.3 Å². The number of nitrogens with one attached hydrogen (secondary N) is 2. The van der Waals surface area contributed by atoms with Gasteiger partial charge in [-0.15, -0.1) is 0 Å². The number of benzene rings is 2. The van der Waals surface area contributed by atoms with Gasteiger partial charge in [-0.25, -0.2) is 4.98 Å². The SMILES string of the molecule is O=C(/C=C/c1cccc(Oc2ccnc(NC(=O)C3CC3)c2)c1)Nc1ccc(Cl)c(C(F)(F)F)c1. The fourth-order valence-electron chi connectivity index (χ4n) is 3.11. The van der Waals surface area contributed by atoms with Crippen LogP contribution in [-0.4, -0.2) is 16.8 Å². The van der Waals surface area contributed by atoms with Crippen LogP contribution in [0.1, 0.15) is 24.0 Å². The maximum Gasteiger partial charge on any atom is 0.417 e. The van der Waals surface area contributed by atoms with Crippen molar-refractivity contribution in [3.05, 3.63) is 83.0 Å². The van der Waals surface area contributed by atoms with Crippen molar-refractivity contribution >= 4 is 41.0 Å². The van der Waals surface area contributed by atoms with Crippen LogP contribution in [0.2, 0.25) is 5.02 Å². The van der Waals surface area contributed by atoms with Crippen LogP contribution in [0, 0.1) is 5.92 Å². The van der Waals surface area contributed by atoms with Gasteiger partial charge >= 0.3 is 6.18 Å². The Labute approximate surface area is 203 Å². The number of hydrogen-bond acceptors (Lipinski definition) is 4. The molecule has 0 unspecified atom stereocenters. The third kappa shape index (κ3) is 6.83. The summed E-state index contributed by atoms with van der Waals surface area (Å²) >= 11 is 5.60. The normalized spacial score (nSPS) is 13.5. The second-order valence-electron chi connectivity index (χ2n) is 7.83. The first kappa shape index (κ1) is 24.3. The molecule has 4 rings (SSSR count). The molecule has 2 N–H and O–H groups in total. The summed E-state index contributed by atoms with van der Waals surface area (Å²) < 4.78 is 44.8. The van der Waals surface area contributed by atoms with E-state index in [1.165, 1.54) is 24.4 Å². The van der Waals surface area contributed by atoms with Gasteiger partial charge in [0, 0.05) is 29.9 Å². The number of carbonyl (C=O) groups is 2. The Balaban J connectivity index is 1.39. The first-order valence-electron chi connectivity index (χ1n) is 10.6. The molecule has 2 aromatic carbocycles. The van der Waals surface area contributed by atoms with Gasteiger partial charge in [-0.05, 0) is 60.9 Å². The highest BCUT2D eigenvalue weighted by Gasteiger charge is 2.33. The summed E-state index contributed by atoms with van der Waals surface area (Å²) in [7, 11) is 0. The maximum atomic E-state index is 13.0. The highest BCUT2D eigenvalue weighted by molar-refractivity contribution is 6.31. The molecule has 0 atom stereocenters. The third-order valence-corrected chi connectivity index (χ3v) is 5.32. The standard InChI is InChI=1S/C25H19ClF3N3O3/c26-21-8-7-17(13-20(21)25(27,28)29)31-23(33)9-4-15-2-1-3-18(12-15)35-19-10-11-30-22(14-19)32-24(34)16-5-6-16/h1-4,7-14,16H,5-6H2,(H,31,33)(H,30,32,34)/b9-4+. The van der Waals surface area contributed by atoms with Gasteiger partial charge in [0.2, 0.25) is 11.8 Å². The molecule has 35 heavy (non-hydrogen) atoms. The van der Waals surface area contributed by atoms with Gasteiger partial charge in [-0.2, -0.15) is 13.2 Å². The van der Waals surface area contributed by atoms with Gasteiger partial charge in [0.25, 0.3) is 0 Å². The number of amides is 2. The number of carbonyl (C=O) groups excluding carboxylic acids is 2. The highest BCUT2D eigenvalue weighted by atomic mass is 35.5. The Morgan fingerprint density at radius 3 is 2.54 bits per heavy atom.